The summed E-state index contributed by atoms with van der Waals surface area (Å²) in [5.74, 6) is -3.77. The number of rotatable bonds is 3. The van der Waals surface area contributed by atoms with E-state index < -0.39 is 24.5 Å². The van der Waals surface area contributed by atoms with Gasteiger partial charge in [0, 0.05) is 0 Å². The molecule has 58 valence electrons. The number of carboxylic acids is 1. The molecule has 0 aromatic rings. The maximum atomic E-state index is 10.4. The standard InChI is InChI=1S/C5H8O5/c1-10-5(9)3(2-6)4(7)8/h3,6H,2H2,1H3,(H,7,8)/t3-/m0/s1. The Labute approximate surface area is 57.2 Å². The van der Waals surface area contributed by atoms with Crippen LogP contribution in [0.5, 0.6) is 0 Å². The molecule has 5 heteroatoms. The Morgan fingerprint density at radius 3 is 2.20 bits per heavy atom. The van der Waals surface area contributed by atoms with E-state index in [-0.39, 0.29) is 0 Å². The van der Waals surface area contributed by atoms with Crippen LogP contribution in [0.1, 0.15) is 0 Å². The summed E-state index contributed by atoms with van der Waals surface area (Å²) in [6.45, 7) is -0.734. The lowest BCUT2D eigenvalue weighted by atomic mass is 10.2. The molecule has 0 aliphatic carbocycles. The monoisotopic (exact) mass is 148 g/mol. The van der Waals surface area contributed by atoms with Crippen LogP contribution in [0, 0.1) is 5.92 Å². The molecular weight excluding hydrogens is 140 g/mol. The summed E-state index contributed by atoms with van der Waals surface area (Å²) in [5, 5.41) is 16.5. The average Bonchev–Trinajstić information content (AvgIpc) is 1.88. The van der Waals surface area contributed by atoms with Crippen molar-refractivity contribution in [1.29, 1.82) is 0 Å². The smallest absolute Gasteiger partial charge is 0.322 e. The van der Waals surface area contributed by atoms with Crippen molar-refractivity contribution >= 4 is 11.9 Å². The van der Waals surface area contributed by atoms with E-state index in [1.807, 2.05) is 0 Å². The molecular formula is C5H8O5. The van der Waals surface area contributed by atoms with Crippen LogP contribution in [0.4, 0.5) is 0 Å². The highest BCUT2D eigenvalue weighted by Gasteiger charge is 2.25. The number of carboxylic acid groups (broad SMARTS) is 1. The van der Waals surface area contributed by atoms with Gasteiger partial charge in [0.25, 0.3) is 0 Å². The molecule has 0 saturated heterocycles. The highest BCUT2D eigenvalue weighted by atomic mass is 16.5. The fourth-order valence-corrected chi connectivity index (χ4v) is 0.396. The van der Waals surface area contributed by atoms with Crippen LogP contribution in [0.15, 0.2) is 0 Å². The third kappa shape index (κ3) is 2.02. The van der Waals surface area contributed by atoms with Crippen LogP contribution >= 0.6 is 0 Å². The van der Waals surface area contributed by atoms with Gasteiger partial charge in [0.2, 0.25) is 0 Å². The summed E-state index contributed by atoms with van der Waals surface area (Å²) in [7, 11) is 1.06. The van der Waals surface area contributed by atoms with Gasteiger partial charge in [-0.2, -0.15) is 0 Å². The highest BCUT2D eigenvalue weighted by molar-refractivity contribution is 5.93. The van der Waals surface area contributed by atoms with E-state index >= 15 is 0 Å². The molecule has 1 atom stereocenters. The van der Waals surface area contributed by atoms with Gasteiger partial charge in [-0.15, -0.1) is 0 Å². The summed E-state index contributed by atoms with van der Waals surface area (Å²) < 4.78 is 4.08. The summed E-state index contributed by atoms with van der Waals surface area (Å²) >= 11 is 0. The zero-order valence-corrected chi connectivity index (χ0v) is 5.40. The molecule has 0 aliphatic rings. The molecule has 5 nitrogen and oxygen atoms in total. The van der Waals surface area contributed by atoms with Crippen molar-refractivity contribution in [2.24, 2.45) is 5.92 Å². The first-order chi connectivity index (χ1) is 4.63. The van der Waals surface area contributed by atoms with Crippen LogP contribution in [-0.4, -0.2) is 35.9 Å². The zero-order chi connectivity index (χ0) is 8.15. The molecule has 0 fully saturated rings. The molecule has 0 bridgehead atoms. The summed E-state index contributed by atoms with van der Waals surface area (Å²) in [6, 6.07) is 0. The molecule has 10 heavy (non-hydrogen) atoms. The zero-order valence-electron chi connectivity index (χ0n) is 5.40. The van der Waals surface area contributed by atoms with Gasteiger partial charge in [-0.05, 0) is 0 Å². The van der Waals surface area contributed by atoms with E-state index in [1.54, 1.807) is 0 Å². The van der Waals surface area contributed by atoms with Crippen molar-refractivity contribution < 1.29 is 24.5 Å². The van der Waals surface area contributed by atoms with Gasteiger partial charge in [0.15, 0.2) is 5.92 Å². The second kappa shape index (κ2) is 3.84. The third-order valence-corrected chi connectivity index (χ3v) is 0.966. The van der Waals surface area contributed by atoms with Gasteiger partial charge < -0.3 is 14.9 Å². The van der Waals surface area contributed by atoms with Gasteiger partial charge in [0.1, 0.15) is 0 Å². The molecule has 0 heterocycles. The number of carbonyl (C=O) groups is 2. The highest BCUT2D eigenvalue weighted by Crippen LogP contribution is 1.96. The quantitative estimate of drug-likeness (QED) is 0.390. The first-order valence-corrected chi connectivity index (χ1v) is 2.55. The molecule has 2 N–H and O–H groups in total. The number of aliphatic carboxylic acids is 1. The Balaban J connectivity index is 4.06. The fourth-order valence-electron chi connectivity index (χ4n) is 0.396. The van der Waals surface area contributed by atoms with E-state index in [0.29, 0.717) is 0 Å². The van der Waals surface area contributed by atoms with E-state index in [2.05, 4.69) is 4.74 Å². The van der Waals surface area contributed by atoms with E-state index in [4.69, 9.17) is 10.2 Å². The minimum Gasteiger partial charge on any atom is -0.481 e. The summed E-state index contributed by atoms with van der Waals surface area (Å²) in [6.07, 6.45) is 0. The molecule has 0 spiro atoms. The van der Waals surface area contributed by atoms with Crippen molar-refractivity contribution in [2.45, 2.75) is 0 Å². The predicted octanol–water partition coefficient (Wildman–Crippen LogP) is -1.15. The topological polar surface area (TPSA) is 83.8 Å². The molecule has 0 saturated carbocycles. The van der Waals surface area contributed by atoms with Gasteiger partial charge in [0.05, 0.1) is 13.7 Å². The number of ether oxygens (including phenoxy) is 1. The first-order valence-electron chi connectivity index (χ1n) is 2.55. The number of methoxy groups -OCH3 is 1. The fraction of sp³-hybridized carbons (Fsp3) is 0.600. The minimum absolute atomic E-state index is 0.734. The van der Waals surface area contributed by atoms with Crippen molar-refractivity contribution in [3.63, 3.8) is 0 Å². The van der Waals surface area contributed by atoms with E-state index in [1.165, 1.54) is 0 Å². The molecule has 0 unspecified atom stereocenters. The number of aliphatic hydroxyl groups excluding tert-OH is 1. The summed E-state index contributed by atoms with van der Waals surface area (Å²) in [5.41, 5.74) is 0. The Morgan fingerprint density at radius 1 is 1.60 bits per heavy atom. The van der Waals surface area contributed by atoms with Gasteiger partial charge in [-0.3, -0.25) is 9.59 Å². The van der Waals surface area contributed by atoms with Crippen LogP contribution in [0.2, 0.25) is 0 Å². The van der Waals surface area contributed by atoms with E-state index in [0.717, 1.165) is 7.11 Å². The van der Waals surface area contributed by atoms with Gasteiger partial charge in [-0.1, -0.05) is 0 Å². The molecule has 0 rings (SSSR count). The van der Waals surface area contributed by atoms with Crippen LogP contribution < -0.4 is 0 Å². The van der Waals surface area contributed by atoms with Crippen molar-refractivity contribution in [3.8, 4) is 0 Å². The summed E-state index contributed by atoms with van der Waals surface area (Å²) in [4.78, 5) is 20.5. The van der Waals surface area contributed by atoms with Crippen LogP contribution in [0.3, 0.4) is 0 Å². The Hall–Kier alpha value is -1.10. The predicted molar refractivity (Wildman–Crippen MR) is 30.2 cm³/mol. The van der Waals surface area contributed by atoms with Crippen LogP contribution in [-0.2, 0) is 14.3 Å². The second-order valence-electron chi connectivity index (χ2n) is 1.60. The second-order valence-corrected chi connectivity index (χ2v) is 1.60. The lowest BCUT2D eigenvalue weighted by Crippen LogP contribution is -2.28. The van der Waals surface area contributed by atoms with Gasteiger partial charge in [-0.25, -0.2) is 0 Å². The molecule has 0 aromatic carbocycles. The molecule has 0 amide bonds. The SMILES string of the molecule is COC(=O)[C@@H](CO)C(=O)O. The first kappa shape index (κ1) is 8.90. The molecule has 0 aliphatic heterocycles. The average molecular weight is 148 g/mol. The lowest BCUT2D eigenvalue weighted by molar-refractivity contribution is -0.158. The molecule has 0 aromatic heterocycles. The Morgan fingerprint density at radius 2 is 2.10 bits per heavy atom. The Kier molecular flexibility index (Phi) is 3.42. The maximum absolute atomic E-state index is 10.4. The third-order valence-electron chi connectivity index (χ3n) is 0.966. The number of hydrogen-bond donors (Lipinski definition) is 2. The van der Waals surface area contributed by atoms with Gasteiger partial charge >= 0.3 is 11.9 Å². The minimum atomic E-state index is -1.45. The van der Waals surface area contributed by atoms with E-state index in [9.17, 15) is 9.59 Å². The van der Waals surface area contributed by atoms with Crippen molar-refractivity contribution in [1.82, 2.24) is 0 Å². The largest absolute Gasteiger partial charge is 0.481 e. The number of aliphatic hydroxyl groups is 1. The maximum Gasteiger partial charge on any atom is 0.322 e. The van der Waals surface area contributed by atoms with Crippen molar-refractivity contribution in [3.05, 3.63) is 0 Å². The lowest BCUT2D eigenvalue weighted by Gasteiger charge is -2.04. The van der Waals surface area contributed by atoms with Crippen molar-refractivity contribution in [2.75, 3.05) is 13.7 Å². The number of esters is 1. The molecule has 0 radical (unpaired) electrons. The number of hydrogen-bond acceptors (Lipinski definition) is 4. The van der Waals surface area contributed by atoms with Crippen LogP contribution in [0.25, 0.3) is 0 Å². The number of carbonyl (C=O) groups excluding carboxylic acids is 1. The normalized spacial score (nSPS) is 12.2. The Bertz CT molecular complexity index is 141.